The van der Waals surface area contributed by atoms with Crippen LogP contribution >= 0.6 is 11.8 Å². The van der Waals surface area contributed by atoms with E-state index in [1.54, 1.807) is 18.2 Å². The first-order valence-corrected chi connectivity index (χ1v) is 9.87. The van der Waals surface area contributed by atoms with Gasteiger partial charge in [-0.1, -0.05) is 30.0 Å². The number of hydrogen-bond acceptors (Lipinski definition) is 11. The standard InChI is InChI=1S/C17H18N6O6S/c18-17-20-14-11(19-7-22(14)16-13(26)12(25)10(5-24)29-16)15(21-17)30-6-8-3-1-2-4-9(8)23(27)28/h1-4,7,10,12-13,16,24-26H,5-6H2,(H2,18,20,21)/t10-,12+,13-,16-/m0/s1. The molecule has 0 saturated carbocycles. The molecule has 0 unspecified atom stereocenters. The number of aliphatic hydroxyl groups excluding tert-OH is 3. The van der Waals surface area contributed by atoms with Crippen LogP contribution in [0.15, 0.2) is 35.6 Å². The lowest BCUT2D eigenvalue weighted by Gasteiger charge is -2.16. The Morgan fingerprint density at radius 3 is 2.73 bits per heavy atom. The van der Waals surface area contributed by atoms with Gasteiger partial charge in [0, 0.05) is 17.4 Å². The van der Waals surface area contributed by atoms with Gasteiger partial charge in [-0.05, 0) is 0 Å². The lowest BCUT2D eigenvalue weighted by Crippen LogP contribution is -2.33. The summed E-state index contributed by atoms with van der Waals surface area (Å²) >= 11 is 1.21. The van der Waals surface area contributed by atoms with Gasteiger partial charge in [-0.25, -0.2) is 9.97 Å². The number of para-hydroxylation sites is 1. The van der Waals surface area contributed by atoms with E-state index < -0.39 is 36.1 Å². The van der Waals surface area contributed by atoms with E-state index in [0.29, 0.717) is 16.1 Å². The predicted octanol–water partition coefficient (Wildman–Crippen LogP) is 0.220. The van der Waals surface area contributed by atoms with Gasteiger partial charge in [-0.3, -0.25) is 14.7 Å². The lowest BCUT2D eigenvalue weighted by molar-refractivity contribution is -0.385. The second-order valence-corrected chi connectivity index (χ2v) is 7.58. The number of nitro benzene ring substituents is 1. The predicted molar refractivity (Wildman–Crippen MR) is 105 cm³/mol. The van der Waals surface area contributed by atoms with Gasteiger partial charge in [0.2, 0.25) is 5.95 Å². The fourth-order valence-corrected chi connectivity index (χ4v) is 4.24. The molecule has 4 atom stereocenters. The number of fused-ring (bicyclic) bond motifs is 1. The van der Waals surface area contributed by atoms with Crippen LogP contribution in [0.25, 0.3) is 11.2 Å². The maximum atomic E-state index is 11.2. The van der Waals surface area contributed by atoms with Crippen LogP contribution in [0.1, 0.15) is 11.8 Å². The minimum atomic E-state index is -1.31. The SMILES string of the molecule is Nc1nc(SCc2ccccc2[N+](=O)[O-])c2ncn([C@H]3O[C@@H](CO)[C@@H](O)[C@@H]3O)c2n1. The van der Waals surface area contributed by atoms with Crippen molar-refractivity contribution in [1.29, 1.82) is 0 Å². The molecule has 12 nitrogen and oxygen atoms in total. The summed E-state index contributed by atoms with van der Waals surface area (Å²) in [6.45, 7) is -0.463. The molecule has 3 aromatic rings. The van der Waals surface area contributed by atoms with E-state index in [2.05, 4.69) is 15.0 Å². The van der Waals surface area contributed by atoms with Crippen LogP contribution in [0, 0.1) is 10.1 Å². The quantitative estimate of drug-likeness (QED) is 0.180. The molecule has 1 aliphatic rings. The Labute approximate surface area is 173 Å². The van der Waals surface area contributed by atoms with Gasteiger partial charge in [0.1, 0.15) is 28.9 Å². The fourth-order valence-electron chi connectivity index (χ4n) is 3.26. The minimum Gasteiger partial charge on any atom is -0.394 e. The molecule has 1 aromatic carbocycles. The van der Waals surface area contributed by atoms with Crippen molar-refractivity contribution in [2.45, 2.75) is 35.3 Å². The van der Waals surface area contributed by atoms with Crippen LogP contribution in [0.2, 0.25) is 0 Å². The molecule has 3 heterocycles. The topological polar surface area (TPSA) is 183 Å². The third-order valence-corrected chi connectivity index (χ3v) is 5.76. The van der Waals surface area contributed by atoms with Crippen LogP contribution in [-0.4, -0.2) is 64.7 Å². The molecule has 0 bridgehead atoms. The van der Waals surface area contributed by atoms with E-state index in [9.17, 15) is 25.4 Å². The number of anilines is 1. The Hall–Kier alpha value is -2.84. The van der Waals surface area contributed by atoms with Crippen molar-refractivity contribution in [1.82, 2.24) is 19.5 Å². The number of nitrogens with zero attached hydrogens (tertiary/aromatic N) is 5. The van der Waals surface area contributed by atoms with Crippen molar-refractivity contribution < 1.29 is 25.0 Å². The van der Waals surface area contributed by atoms with E-state index in [0.717, 1.165) is 0 Å². The molecule has 0 spiro atoms. The molecule has 5 N–H and O–H groups in total. The molecule has 158 valence electrons. The van der Waals surface area contributed by atoms with Crippen molar-refractivity contribution in [3.05, 3.63) is 46.3 Å². The zero-order valence-corrected chi connectivity index (χ0v) is 16.2. The number of nitrogen functional groups attached to an aromatic ring is 1. The molecule has 0 amide bonds. The summed E-state index contributed by atoms with van der Waals surface area (Å²) < 4.78 is 6.94. The van der Waals surface area contributed by atoms with Crippen molar-refractivity contribution in [2.24, 2.45) is 0 Å². The summed E-state index contributed by atoms with van der Waals surface area (Å²) in [5, 5.41) is 41.2. The van der Waals surface area contributed by atoms with Gasteiger partial charge in [-0.2, -0.15) is 4.98 Å². The molecule has 0 aliphatic carbocycles. The van der Waals surface area contributed by atoms with Gasteiger partial charge in [0.25, 0.3) is 5.69 Å². The van der Waals surface area contributed by atoms with Gasteiger partial charge in [-0.15, -0.1) is 0 Å². The van der Waals surface area contributed by atoms with E-state index in [-0.39, 0.29) is 23.0 Å². The number of thioether (sulfide) groups is 1. The molecule has 13 heteroatoms. The summed E-state index contributed by atoms with van der Waals surface area (Å²) in [6, 6.07) is 6.39. The third kappa shape index (κ3) is 3.57. The third-order valence-electron chi connectivity index (χ3n) is 4.75. The van der Waals surface area contributed by atoms with E-state index in [1.807, 2.05) is 0 Å². The Balaban J connectivity index is 1.66. The summed E-state index contributed by atoms with van der Waals surface area (Å²) in [6.07, 6.45) is -3.18. The van der Waals surface area contributed by atoms with Gasteiger partial charge < -0.3 is 25.8 Å². The molecule has 0 radical (unpaired) electrons. The Morgan fingerprint density at radius 1 is 1.27 bits per heavy atom. The van der Waals surface area contributed by atoms with Crippen LogP contribution in [0.3, 0.4) is 0 Å². The van der Waals surface area contributed by atoms with Crippen LogP contribution in [0.4, 0.5) is 11.6 Å². The number of benzene rings is 1. The molecule has 1 aliphatic heterocycles. The average molecular weight is 434 g/mol. The second-order valence-electron chi connectivity index (χ2n) is 6.61. The summed E-state index contributed by atoms with van der Waals surface area (Å²) in [4.78, 5) is 23.4. The number of rotatable bonds is 6. The molecule has 1 saturated heterocycles. The zero-order valence-electron chi connectivity index (χ0n) is 15.4. The van der Waals surface area contributed by atoms with E-state index in [1.165, 1.54) is 28.7 Å². The van der Waals surface area contributed by atoms with E-state index >= 15 is 0 Å². The van der Waals surface area contributed by atoms with Crippen LogP contribution in [0.5, 0.6) is 0 Å². The molecule has 1 fully saturated rings. The smallest absolute Gasteiger partial charge is 0.273 e. The number of hydrogen-bond donors (Lipinski definition) is 4. The number of aliphatic hydroxyl groups is 3. The summed E-state index contributed by atoms with van der Waals surface area (Å²) in [5.41, 5.74) is 6.98. The first-order chi connectivity index (χ1) is 14.4. The van der Waals surface area contributed by atoms with Gasteiger partial charge in [0.15, 0.2) is 11.9 Å². The lowest BCUT2D eigenvalue weighted by atomic mass is 10.1. The maximum absolute atomic E-state index is 11.2. The van der Waals surface area contributed by atoms with Gasteiger partial charge in [0.05, 0.1) is 17.9 Å². The fraction of sp³-hybridized carbons (Fsp3) is 0.353. The normalized spacial score (nSPS) is 23.8. The molecule has 4 rings (SSSR count). The van der Waals surface area contributed by atoms with Crippen molar-refractivity contribution in [3.63, 3.8) is 0 Å². The Morgan fingerprint density at radius 2 is 2.03 bits per heavy atom. The average Bonchev–Trinajstić information content (AvgIpc) is 3.27. The monoisotopic (exact) mass is 434 g/mol. The Bertz CT molecular complexity index is 1090. The second kappa shape index (κ2) is 8.12. The Kier molecular flexibility index (Phi) is 5.53. The van der Waals surface area contributed by atoms with E-state index in [4.69, 9.17) is 10.5 Å². The highest BCUT2D eigenvalue weighted by molar-refractivity contribution is 7.98. The highest BCUT2D eigenvalue weighted by Crippen LogP contribution is 2.35. The number of ether oxygens (including phenoxy) is 1. The number of nitrogens with two attached hydrogens (primary N) is 1. The van der Waals surface area contributed by atoms with Crippen LogP contribution in [-0.2, 0) is 10.5 Å². The number of nitro groups is 1. The first kappa shape index (κ1) is 20.4. The van der Waals surface area contributed by atoms with Crippen molar-refractivity contribution in [2.75, 3.05) is 12.3 Å². The highest BCUT2D eigenvalue weighted by Gasteiger charge is 2.44. The number of imidazole rings is 1. The maximum Gasteiger partial charge on any atom is 0.273 e. The number of aromatic nitrogens is 4. The molecular formula is C17H18N6O6S. The molecular weight excluding hydrogens is 416 g/mol. The minimum absolute atomic E-state index is 0.000289. The largest absolute Gasteiger partial charge is 0.394 e. The van der Waals surface area contributed by atoms with Gasteiger partial charge >= 0.3 is 0 Å². The molecule has 2 aromatic heterocycles. The van der Waals surface area contributed by atoms with Crippen molar-refractivity contribution in [3.8, 4) is 0 Å². The summed E-state index contributed by atoms with van der Waals surface area (Å²) in [7, 11) is 0. The zero-order chi connectivity index (χ0) is 21.4. The highest BCUT2D eigenvalue weighted by atomic mass is 32.2. The molecule has 30 heavy (non-hydrogen) atoms. The summed E-state index contributed by atoms with van der Waals surface area (Å²) in [5.74, 6) is 0.199. The van der Waals surface area contributed by atoms with Crippen LogP contribution < -0.4 is 5.73 Å². The first-order valence-electron chi connectivity index (χ1n) is 8.88. The van der Waals surface area contributed by atoms with Crippen molar-refractivity contribution >= 4 is 34.6 Å².